The molecule has 3 rings (SSSR count). The first kappa shape index (κ1) is 28.2. The highest BCUT2D eigenvalue weighted by atomic mass is 16.4. The number of nitrogens with two attached hydrogens (primary N) is 1. The molecule has 1 unspecified atom stereocenters. The molecule has 2 atom stereocenters. The molecule has 12 nitrogen and oxygen atoms in total. The smallest absolute Gasteiger partial charge is 0.336 e. The van der Waals surface area contributed by atoms with Crippen molar-refractivity contribution in [2.24, 2.45) is 0 Å². The molecule has 0 radical (unpaired) electrons. The third kappa shape index (κ3) is 8.34. The second-order valence-electron chi connectivity index (χ2n) is 8.38. The molecule has 0 saturated carbocycles. The van der Waals surface area contributed by atoms with Crippen LogP contribution in [0.25, 0.3) is 10.9 Å². The van der Waals surface area contributed by atoms with Crippen LogP contribution >= 0.6 is 0 Å². The number of nitrogens with one attached hydrogen (secondary N) is 2. The highest BCUT2D eigenvalue weighted by molar-refractivity contribution is 5.88. The van der Waals surface area contributed by atoms with E-state index >= 15 is 0 Å². The number of carboxylic acid groups (broad SMARTS) is 3. The lowest BCUT2D eigenvalue weighted by molar-refractivity contribution is -0.170. The van der Waals surface area contributed by atoms with Gasteiger partial charge in [0.25, 0.3) is 0 Å². The van der Waals surface area contributed by atoms with Gasteiger partial charge in [-0.25, -0.2) is 9.78 Å². The maximum atomic E-state index is 10.3. The topological polar surface area (TPSA) is 219 Å². The summed E-state index contributed by atoms with van der Waals surface area (Å²) >= 11 is 0. The standard InChI is InChI=1S/C18H22N4O.C6H8O7/c1-12(8-14-10-21-16-5-3-2-4-15(14)16)20-11-17(23)13-6-7-18(19)22-9-13;7-3(8)1-6(13,5(11)12)2-4(9)10/h2-7,9-10,12,17,20-21,23H,8,11H2,1H3,(H2,19,22);13H,1-2H2,(H,7,8)(H,9,10)(H,11,12)/t12?,17-;/m0./s1. The molecule has 0 saturated heterocycles. The Morgan fingerprint density at radius 3 is 2.28 bits per heavy atom. The number of anilines is 1. The summed E-state index contributed by atoms with van der Waals surface area (Å²) in [5, 5.41) is 48.6. The molecule has 2 aromatic heterocycles. The number of benzene rings is 1. The van der Waals surface area contributed by atoms with E-state index in [2.05, 4.69) is 46.6 Å². The van der Waals surface area contributed by atoms with Crippen molar-refractivity contribution in [1.29, 1.82) is 0 Å². The van der Waals surface area contributed by atoms with Gasteiger partial charge in [0.15, 0.2) is 5.60 Å². The molecule has 0 bridgehead atoms. The minimum absolute atomic E-state index is 0.255. The molecule has 0 aliphatic heterocycles. The number of nitrogens with zero attached hydrogens (tertiary/aromatic N) is 1. The van der Waals surface area contributed by atoms with Crippen LogP contribution in [0.4, 0.5) is 5.82 Å². The van der Waals surface area contributed by atoms with E-state index in [-0.39, 0.29) is 6.04 Å². The third-order valence-electron chi connectivity index (χ3n) is 5.34. The number of pyridine rings is 1. The minimum Gasteiger partial charge on any atom is -0.481 e. The van der Waals surface area contributed by atoms with Crippen LogP contribution in [0.2, 0.25) is 0 Å². The summed E-state index contributed by atoms with van der Waals surface area (Å²) in [6.07, 6.45) is 1.70. The second kappa shape index (κ2) is 12.6. The number of fused-ring (bicyclic) bond motifs is 1. The summed E-state index contributed by atoms with van der Waals surface area (Å²) in [5.41, 5.74) is 6.03. The van der Waals surface area contributed by atoms with Gasteiger partial charge in [0.05, 0.1) is 18.9 Å². The molecule has 1 aromatic carbocycles. The molecule has 0 aliphatic carbocycles. The summed E-state index contributed by atoms with van der Waals surface area (Å²) in [7, 11) is 0. The number of aliphatic hydroxyl groups excluding tert-OH is 1. The minimum atomic E-state index is -2.74. The Morgan fingerprint density at radius 1 is 1.08 bits per heavy atom. The Labute approximate surface area is 206 Å². The molecule has 0 spiro atoms. The van der Waals surface area contributed by atoms with Gasteiger partial charge in [0.1, 0.15) is 5.82 Å². The van der Waals surface area contributed by atoms with Gasteiger partial charge in [-0.05, 0) is 31.0 Å². The zero-order valence-electron chi connectivity index (χ0n) is 19.6. The van der Waals surface area contributed by atoms with Gasteiger partial charge in [-0.3, -0.25) is 9.59 Å². The van der Waals surface area contributed by atoms with Crippen molar-refractivity contribution in [2.45, 2.75) is 43.9 Å². The van der Waals surface area contributed by atoms with Gasteiger partial charge in [0.2, 0.25) is 0 Å². The number of hydrogen-bond acceptors (Lipinski definition) is 8. The van der Waals surface area contributed by atoms with Crippen LogP contribution < -0.4 is 11.1 Å². The normalized spacial score (nSPS) is 12.9. The molecule has 0 fully saturated rings. The van der Waals surface area contributed by atoms with Crippen molar-refractivity contribution in [3.63, 3.8) is 0 Å². The number of rotatable bonds is 11. The van der Waals surface area contributed by atoms with Gasteiger partial charge in [0, 0.05) is 41.4 Å². The lowest BCUT2D eigenvalue weighted by Crippen LogP contribution is -2.42. The van der Waals surface area contributed by atoms with Crippen molar-refractivity contribution in [3.8, 4) is 0 Å². The van der Waals surface area contributed by atoms with E-state index in [4.69, 9.17) is 26.2 Å². The second-order valence-corrected chi connectivity index (χ2v) is 8.38. The fourth-order valence-electron chi connectivity index (χ4n) is 3.46. The summed E-state index contributed by atoms with van der Waals surface area (Å²) < 4.78 is 0. The SMILES string of the molecule is CC(Cc1c[nH]c2ccccc12)NC[C@H](O)c1ccc(N)nc1.O=C(O)CC(O)(CC(=O)O)C(=O)O. The van der Waals surface area contributed by atoms with Gasteiger partial charge >= 0.3 is 17.9 Å². The third-order valence-corrected chi connectivity index (χ3v) is 5.34. The Hall–Kier alpha value is -4.00. The summed E-state index contributed by atoms with van der Waals surface area (Å²) in [6, 6.07) is 12.0. The number of nitrogen functional groups attached to an aromatic ring is 1. The van der Waals surface area contributed by atoms with Gasteiger partial charge in [-0.1, -0.05) is 24.3 Å². The van der Waals surface area contributed by atoms with Gasteiger partial charge < -0.3 is 41.6 Å². The van der Waals surface area contributed by atoms with Crippen LogP contribution in [0, 0.1) is 0 Å². The fraction of sp³-hybridized carbons (Fsp3) is 0.333. The molecule has 12 heteroatoms. The van der Waals surface area contributed by atoms with Crippen molar-refractivity contribution in [1.82, 2.24) is 15.3 Å². The first-order valence-corrected chi connectivity index (χ1v) is 11.0. The van der Waals surface area contributed by atoms with Crippen LogP contribution in [-0.2, 0) is 20.8 Å². The highest BCUT2D eigenvalue weighted by Gasteiger charge is 2.40. The zero-order valence-corrected chi connectivity index (χ0v) is 19.6. The van der Waals surface area contributed by atoms with Crippen LogP contribution in [0.15, 0.2) is 48.8 Å². The van der Waals surface area contributed by atoms with Crippen molar-refractivity contribution < 1.29 is 39.9 Å². The van der Waals surface area contributed by atoms with E-state index in [0.29, 0.717) is 12.4 Å². The molecule has 0 amide bonds. The first-order chi connectivity index (χ1) is 16.9. The van der Waals surface area contributed by atoms with E-state index in [1.165, 1.54) is 10.9 Å². The van der Waals surface area contributed by atoms with E-state index in [1.807, 2.05) is 6.07 Å². The van der Waals surface area contributed by atoms with Crippen molar-refractivity contribution >= 4 is 34.6 Å². The Balaban J connectivity index is 0.000000302. The molecule has 9 N–H and O–H groups in total. The predicted octanol–water partition coefficient (Wildman–Crippen LogP) is 1.15. The number of aromatic nitrogens is 2. The van der Waals surface area contributed by atoms with Gasteiger partial charge in [-0.2, -0.15) is 0 Å². The van der Waals surface area contributed by atoms with Gasteiger partial charge in [-0.15, -0.1) is 0 Å². The van der Waals surface area contributed by atoms with E-state index < -0.39 is 42.5 Å². The molecule has 0 aliphatic rings. The summed E-state index contributed by atoms with van der Waals surface area (Å²) in [5.74, 6) is -4.56. The number of aromatic amines is 1. The molecule has 3 aromatic rings. The van der Waals surface area contributed by atoms with E-state index in [0.717, 1.165) is 17.5 Å². The number of aliphatic hydroxyl groups is 2. The molecule has 36 heavy (non-hydrogen) atoms. The van der Waals surface area contributed by atoms with Crippen molar-refractivity contribution in [2.75, 3.05) is 12.3 Å². The van der Waals surface area contributed by atoms with Crippen LogP contribution in [0.1, 0.15) is 37.0 Å². The maximum Gasteiger partial charge on any atom is 0.336 e. The number of aliphatic carboxylic acids is 3. The number of hydrogen-bond donors (Lipinski definition) is 8. The van der Waals surface area contributed by atoms with E-state index in [9.17, 15) is 19.5 Å². The lowest BCUT2D eigenvalue weighted by Gasteiger charge is -2.18. The Bertz CT molecular complexity index is 1160. The summed E-state index contributed by atoms with van der Waals surface area (Å²) in [4.78, 5) is 37.8. The number of para-hydroxylation sites is 1. The van der Waals surface area contributed by atoms with Crippen LogP contribution in [0.3, 0.4) is 0 Å². The molecule has 194 valence electrons. The average Bonchev–Trinajstić information content (AvgIpc) is 3.20. The predicted molar refractivity (Wildman–Crippen MR) is 130 cm³/mol. The lowest BCUT2D eigenvalue weighted by atomic mass is 9.96. The van der Waals surface area contributed by atoms with Crippen molar-refractivity contribution in [3.05, 3.63) is 59.9 Å². The average molecular weight is 503 g/mol. The largest absolute Gasteiger partial charge is 0.481 e. The molecule has 2 heterocycles. The van der Waals surface area contributed by atoms with E-state index in [1.54, 1.807) is 18.3 Å². The zero-order chi connectivity index (χ0) is 26.9. The fourth-order valence-corrected chi connectivity index (χ4v) is 3.46. The Kier molecular flexibility index (Phi) is 9.91. The maximum absolute atomic E-state index is 10.3. The molecular weight excluding hydrogens is 472 g/mol. The number of carboxylic acids is 3. The van der Waals surface area contributed by atoms with Crippen LogP contribution in [0.5, 0.6) is 0 Å². The number of carbonyl (C=O) groups is 3. The first-order valence-electron chi connectivity index (χ1n) is 11.0. The van der Waals surface area contributed by atoms with Crippen LogP contribution in [-0.4, -0.2) is 71.6 Å². The molecular formula is C24H30N4O8. The Morgan fingerprint density at radius 2 is 1.72 bits per heavy atom. The monoisotopic (exact) mass is 502 g/mol. The highest BCUT2D eigenvalue weighted by Crippen LogP contribution is 2.19. The quantitative estimate of drug-likeness (QED) is 0.186. The summed E-state index contributed by atoms with van der Waals surface area (Å²) in [6.45, 7) is 2.60. The number of H-pyrrole nitrogens is 1.